The van der Waals surface area contributed by atoms with Crippen LogP contribution in [-0.2, 0) is 14.7 Å². The molecule has 0 unspecified atom stereocenters. The fourth-order valence-corrected chi connectivity index (χ4v) is 3.26. The van der Waals surface area contributed by atoms with Gasteiger partial charge in [0, 0.05) is 0 Å². The maximum absolute atomic E-state index is 4.97. The summed E-state index contributed by atoms with van der Waals surface area (Å²) in [6, 6.07) is 0. The standard InChI is InChI=1S/C12H15S.3ClH.Ti/c1-6-7(2)11-9(4)10(5)13-12(11)8(6)3;;;;/h1-5H3;3*1H;/q-1;;;;+4/p-3. The number of hydrogen-bond donors (Lipinski definition) is 0. The van der Waals surface area contributed by atoms with Crippen LogP contribution in [0.1, 0.15) is 27.1 Å². The second kappa shape index (κ2) is 6.37. The number of halogens is 3. The van der Waals surface area contributed by atoms with Crippen LogP contribution >= 0.6 is 39.3 Å². The van der Waals surface area contributed by atoms with Crippen molar-refractivity contribution in [2.24, 2.45) is 0 Å². The van der Waals surface area contributed by atoms with Crippen LogP contribution in [0.4, 0.5) is 0 Å². The molecule has 0 saturated carbocycles. The Labute approximate surface area is 125 Å². The molecule has 1 aliphatic heterocycles. The second-order valence-corrected chi connectivity index (χ2v) is 13.0. The third-order valence-corrected chi connectivity index (χ3v) is 4.55. The normalized spacial score (nSPS) is 10.4. The minimum atomic E-state index is -1.92. The van der Waals surface area contributed by atoms with Crippen LogP contribution in [0.5, 0.6) is 0 Å². The van der Waals surface area contributed by atoms with Crippen molar-refractivity contribution < 1.29 is 14.7 Å². The van der Waals surface area contributed by atoms with Gasteiger partial charge in [-0.25, -0.2) is 0 Å². The van der Waals surface area contributed by atoms with Gasteiger partial charge in [-0.05, 0) is 6.92 Å². The minimum absolute atomic E-state index is 1.47. The Balaban J connectivity index is 0.000000317. The first-order chi connectivity index (χ1) is 7.77. The zero-order chi connectivity index (χ0) is 13.3. The van der Waals surface area contributed by atoms with Gasteiger partial charge in [0.15, 0.2) is 0 Å². The Morgan fingerprint density at radius 3 is 1.82 bits per heavy atom. The molecule has 1 heterocycles. The van der Waals surface area contributed by atoms with E-state index in [2.05, 4.69) is 34.6 Å². The van der Waals surface area contributed by atoms with E-state index in [0.717, 1.165) is 0 Å². The summed E-state index contributed by atoms with van der Waals surface area (Å²) in [5, 5.41) is 0. The van der Waals surface area contributed by atoms with Gasteiger partial charge in [0.05, 0.1) is 0 Å². The topological polar surface area (TPSA) is 0 Å². The molecule has 0 fully saturated rings. The first kappa shape index (κ1) is 16.0. The van der Waals surface area contributed by atoms with E-state index in [4.69, 9.17) is 27.9 Å². The van der Waals surface area contributed by atoms with Crippen molar-refractivity contribution in [1.82, 2.24) is 0 Å². The van der Waals surface area contributed by atoms with Crippen LogP contribution in [0.25, 0.3) is 10.4 Å². The molecule has 1 aliphatic carbocycles. The van der Waals surface area contributed by atoms with Crippen LogP contribution in [0.2, 0.25) is 0 Å². The third kappa shape index (κ3) is 3.46. The van der Waals surface area contributed by atoms with Crippen molar-refractivity contribution in [3.05, 3.63) is 27.1 Å². The first-order valence-electron chi connectivity index (χ1n) is 5.23. The number of rotatable bonds is 0. The zero-order valence-electron chi connectivity index (χ0n) is 10.5. The third-order valence-electron chi connectivity index (χ3n) is 3.23. The fourth-order valence-electron chi connectivity index (χ4n) is 1.98. The van der Waals surface area contributed by atoms with Crippen LogP contribution < -0.4 is 0 Å². The first-order valence-corrected chi connectivity index (χ1v) is 12.5. The SMILES string of the molecule is Cc1c2s[c-](C)c(C)c-2c(C)c1C.[Cl][Ti+]([Cl])[Cl]. The molecule has 0 aromatic carbocycles. The molecular formula is C12H15Cl3STi. The Bertz CT molecular complexity index is 482. The summed E-state index contributed by atoms with van der Waals surface area (Å²) in [6.45, 7) is 11.2. The fraction of sp³-hybridized carbons (Fsp3) is 0.417. The molecule has 0 bridgehead atoms. The van der Waals surface area contributed by atoms with Gasteiger partial charge in [0.2, 0.25) is 0 Å². The van der Waals surface area contributed by atoms with Gasteiger partial charge in [-0.2, -0.15) is 11.1 Å². The van der Waals surface area contributed by atoms with Crippen molar-refractivity contribution in [3.8, 4) is 10.4 Å². The van der Waals surface area contributed by atoms with Crippen LogP contribution in [0.3, 0.4) is 0 Å². The predicted molar refractivity (Wildman–Crippen MR) is 77.8 cm³/mol. The Kier molecular flexibility index (Phi) is 5.97. The van der Waals surface area contributed by atoms with E-state index < -0.39 is 14.7 Å². The van der Waals surface area contributed by atoms with Crippen molar-refractivity contribution in [2.45, 2.75) is 34.6 Å². The van der Waals surface area contributed by atoms with Crippen molar-refractivity contribution in [3.63, 3.8) is 0 Å². The summed E-state index contributed by atoms with van der Waals surface area (Å²) in [6.07, 6.45) is 0. The molecule has 0 aromatic heterocycles. The van der Waals surface area contributed by atoms with E-state index in [1.54, 1.807) is 0 Å². The summed E-state index contributed by atoms with van der Waals surface area (Å²) >= 11 is 0.0237. The summed E-state index contributed by atoms with van der Waals surface area (Å²) in [5.41, 5.74) is 7.43. The quantitative estimate of drug-likeness (QED) is 0.395. The van der Waals surface area contributed by atoms with Gasteiger partial charge in [0.25, 0.3) is 0 Å². The molecule has 17 heavy (non-hydrogen) atoms. The molecule has 2 rings (SSSR count). The van der Waals surface area contributed by atoms with E-state index in [1.807, 2.05) is 11.3 Å². The maximum atomic E-state index is 4.97. The number of hydrogen-bond acceptors (Lipinski definition) is 1. The zero-order valence-corrected chi connectivity index (χ0v) is 15.2. The van der Waals surface area contributed by atoms with Crippen LogP contribution in [0.15, 0.2) is 0 Å². The number of thiophene rings is 1. The molecule has 0 amide bonds. The number of aryl methyl sites for hydroxylation is 1. The molecule has 0 atom stereocenters. The average molecular weight is 346 g/mol. The Morgan fingerprint density at radius 2 is 1.41 bits per heavy atom. The van der Waals surface area contributed by atoms with Crippen LogP contribution in [0, 0.1) is 34.6 Å². The van der Waals surface area contributed by atoms with Gasteiger partial charge >= 0.3 is 42.6 Å². The van der Waals surface area contributed by atoms with Crippen molar-refractivity contribution in [1.29, 1.82) is 0 Å². The van der Waals surface area contributed by atoms with E-state index in [0.29, 0.717) is 0 Å². The summed E-state index contributed by atoms with van der Waals surface area (Å²) in [4.78, 5) is 2.97. The molecule has 2 aliphatic rings. The van der Waals surface area contributed by atoms with Gasteiger partial charge in [-0.15, -0.1) is 15.3 Å². The van der Waals surface area contributed by atoms with Crippen molar-refractivity contribution >= 4 is 39.3 Å². The monoisotopic (exact) mass is 344 g/mol. The molecule has 0 saturated heterocycles. The van der Waals surface area contributed by atoms with E-state index in [9.17, 15) is 0 Å². The average Bonchev–Trinajstić information content (AvgIpc) is 2.61. The number of fused-ring (bicyclic) bond motifs is 1. The predicted octanol–water partition coefficient (Wildman–Crippen LogP) is 6.18. The molecule has 94 valence electrons. The molecule has 0 N–H and O–H groups in total. The summed E-state index contributed by atoms with van der Waals surface area (Å²) in [7, 11) is 14.9. The van der Waals surface area contributed by atoms with Gasteiger partial charge < -0.3 is 0 Å². The van der Waals surface area contributed by atoms with E-state index in [-0.39, 0.29) is 0 Å². The molecule has 0 aromatic rings. The summed E-state index contributed by atoms with van der Waals surface area (Å²) < 4.78 is 0. The molecule has 0 radical (unpaired) electrons. The molecule has 5 heteroatoms. The van der Waals surface area contributed by atoms with Gasteiger partial charge in [-0.3, -0.25) is 11.3 Å². The van der Waals surface area contributed by atoms with E-state index >= 15 is 0 Å². The Morgan fingerprint density at radius 1 is 0.941 bits per heavy atom. The Hall–Kier alpha value is 0.894. The van der Waals surface area contributed by atoms with Gasteiger partial charge in [-0.1, -0.05) is 38.8 Å². The molecular weight excluding hydrogens is 330 g/mol. The molecule has 0 spiro atoms. The molecule has 0 nitrogen and oxygen atoms in total. The van der Waals surface area contributed by atoms with Gasteiger partial charge in [0.1, 0.15) is 0 Å². The van der Waals surface area contributed by atoms with Crippen LogP contribution in [-0.4, -0.2) is 0 Å². The second-order valence-electron chi connectivity index (χ2n) is 4.08. The summed E-state index contributed by atoms with van der Waals surface area (Å²) in [5.74, 6) is 0. The van der Waals surface area contributed by atoms with E-state index in [1.165, 1.54) is 37.6 Å². The van der Waals surface area contributed by atoms with Crippen molar-refractivity contribution in [2.75, 3.05) is 0 Å².